The molecule has 1 saturated heterocycles. The SMILES string of the molecule is COc1ccc(OC2CCN(C(=O)CCCOc3ccccc3)CC2)cc1. The molecule has 144 valence electrons. The van der Waals surface area contributed by atoms with Gasteiger partial charge in [-0.1, -0.05) is 18.2 Å². The molecule has 1 aliphatic rings. The van der Waals surface area contributed by atoms with E-state index in [9.17, 15) is 4.79 Å². The first-order valence-corrected chi connectivity index (χ1v) is 9.51. The molecular formula is C22H27NO4. The van der Waals surface area contributed by atoms with E-state index in [1.54, 1.807) is 7.11 Å². The van der Waals surface area contributed by atoms with Gasteiger partial charge in [0, 0.05) is 32.4 Å². The van der Waals surface area contributed by atoms with Crippen LogP contribution >= 0.6 is 0 Å². The molecular weight excluding hydrogens is 342 g/mol. The van der Waals surface area contributed by atoms with Crippen LogP contribution in [0.4, 0.5) is 0 Å². The molecule has 1 amide bonds. The van der Waals surface area contributed by atoms with Gasteiger partial charge in [0.05, 0.1) is 13.7 Å². The van der Waals surface area contributed by atoms with Crippen LogP contribution in [-0.4, -0.2) is 43.7 Å². The molecule has 0 unspecified atom stereocenters. The lowest BCUT2D eigenvalue weighted by atomic mass is 10.1. The Morgan fingerprint density at radius 3 is 2.30 bits per heavy atom. The van der Waals surface area contributed by atoms with Crippen molar-refractivity contribution in [3.05, 3.63) is 54.6 Å². The molecule has 0 aromatic heterocycles. The molecule has 0 spiro atoms. The molecule has 0 bridgehead atoms. The van der Waals surface area contributed by atoms with Crippen LogP contribution in [-0.2, 0) is 4.79 Å². The third kappa shape index (κ3) is 5.91. The number of carbonyl (C=O) groups excluding carboxylic acids is 1. The number of carbonyl (C=O) groups is 1. The van der Waals surface area contributed by atoms with Crippen LogP contribution in [0, 0.1) is 0 Å². The highest BCUT2D eigenvalue weighted by Crippen LogP contribution is 2.22. The van der Waals surface area contributed by atoms with Gasteiger partial charge in [0.2, 0.25) is 5.91 Å². The quantitative estimate of drug-likeness (QED) is 0.662. The molecule has 1 aliphatic heterocycles. The molecule has 0 N–H and O–H groups in total. The lowest BCUT2D eigenvalue weighted by Gasteiger charge is -2.32. The highest BCUT2D eigenvalue weighted by molar-refractivity contribution is 5.76. The molecule has 3 rings (SSSR count). The van der Waals surface area contributed by atoms with Crippen molar-refractivity contribution in [2.45, 2.75) is 31.8 Å². The van der Waals surface area contributed by atoms with Crippen molar-refractivity contribution >= 4 is 5.91 Å². The van der Waals surface area contributed by atoms with Crippen LogP contribution in [0.15, 0.2) is 54.6 Å². The Labute approximate surface area is 160 Å². The standard InChI is InChI=1S/C22H27NO4/c1-25-18-9-11-20(12-10-18)27-21-13-15-23(16-14-21)22(24)8-5-17-26-19-6-3-2-4-7-19/h2-4,6-7,9-12,21H,5,8,13-17H2,1H3. The average molecular weight is 369 g/mol. The minimum Gasteiger partial charge on any atom is -0.497 e. The summed E-state index contributed by atoms with van der Waals surface area (Å²) >= 11 is 0. The highest BCUT2D eigenvalue weighted by atomic mass is 16.5. The van der Waals surface area contributed by atoms with Gasteiger partial charge < -0.3 is 19.1 Å². The fraction of sp³-hybridized carbons (Fsp3) is 0.409. The van der Waals surface area contributed by atoms with E-state index in [-0.39, 0.29) is 12.0 Å². The minimum atomic E-state index is 0.156. The summed E-state index contributed by atoms with van der Waals surface area (Å²) in [5.41, 5.74) is 0. The Morgan fingerprint density at radius 2 is 1.63 bits per heavy atom. The maximum atomic E-state index is 12.4. The minimum absolute atomic E-state index is 0.156. The van der Waals surface area contributed by atoms with E-state index in [0.717, 1.165) is 49.6 Å². The van der Waals surface area contributed by atoms with Crippen molar-refractivity contribution in [2.24, 2.45) is 0 Å². The molecule has 1 heterocycles. The molecule has 0 radical (unpaired) electrons. The molecule has 0 aliphatic carbocycles. The van der Waals surface area contributed by atoms with E-state index >= 15 is 0 Å². The summed E-state index contributed by atoms with van der Waals surface area (Å²) in [6.45, 7) is 2.06. The summed E-state index contributed by atoms with van der Waals surface area (Å²) in [6.07, 6.45) is 3.13. The van der Waals surface area contributed by atoms with Gasteiger partial charge in [-0.2, -0.15) is 0 Å². The van der Waals surface area contributed by atoms with Crippen molar-refractivity contribution in [3.63, 3.8) is 0 Å². The summed E-state index contributed by atoms with van der Waals surface area (Å²) < 4.78 is 16.8. The van der Waals surface area contributed by atoms with Gasteiger partial charge in [-0.25, -0.2) is 0 Å². The largest absolute Gasteiger partial charge is 0.497 e. The smallest absolute Gasteiger partial charge is 0.222 e. The summed E-state index contributed by atoms with van der Waals surface area (Å²) in [5.74, 6) is 2.72. The van der Waals surface area contributed by atoms with Crippen LogP contribution in [0.5, 0.6) is 17.2 Å². The number of rotatable bonds is 8. The maximum Gasteiger partial charge on any atom is 0.222 e. The van der Waals surface area contributed by atoms with E-state index in [2.05, 4.69) is 0 Å². The fourth-order valence-corrected chi connectivity index (χ4v) is 3.16. The van der Waals surface area contributed by atoms with E-state index in [0.29, 0.717) is 13.0 Å². The second-order valence-electron chi connectivity index (χ2n) is 6.64. The van der Waals surface area contributed by atoms with E-state index in [4.69, 9.17) is 14.2 Å². The van der Waals surface area contributed by atoms with Crippen LogP contribution in [0.2, 0.25) is 0 Å². The van der Waals surface area contributed by atoms with Crippen LogP contribution in [0.25, 0.3) is 0 Å². The Morgan fingerprint density at radius 1 is 0.963 bits per heavy atom. The Balaban J connectivity index is 1.33. The number of likely N-dealkylation sites (tertiary alicyclic amines) is 1. The van der Waals surface area contributed by atoms with Gasteiger partial charge in [-0.15, -0.1) is 0 Å². The third-order valence-electron chi connectivity index (χ3n) is 4.70. The van der Waals surface area contributed by atoms with Crippen molar-refractivity contribution in [2.75, 3.05) is 26.8 Å². The average Bonchev–Trinajstić information content (AvgIpc) is 2.73. The molecule has 0 atom stereocenters. The van der Waals surface area contributed by atoms with Gasteiger partial charge in [0.15, 0.2) is 0 Å². The predicted molar refractivity (Wildman–Crippen MR) is 104 cm³/mol. The number of methoxy groups -OCH3 is 1. The number of amides is 1. The van der Waals surface area contributed by atoms with Gasteiger partial charge in [-0.3, -0.25) is 4.79 Å². The monoisotopic (exact) mass is 369 g/mol. The molecule has 1 fully saturated rings. The second kappa shape index (κ2) is 9.86. The maximum absolute atomic E-state index is 12.4. The first-order valence-electron chi connectivity index (χ1n) is 9.51. The van der Waals surface area contributed by atoms with E-state index in [1.165, 1.54) is 0 Å². The van der Waals surface area contributed by atoms with Crippen molar-refractivity contribution in [3.8, 4) is 17.2 Å². The Hall–Kier alpha value is -2.69. The highest BCUT2D eigenvalue weighted by Gasteiger charge is 2.23. The number of benzene rings is 2. The normalized spacial score (nSPS) is 14.6. The summed E-state index contributed by atoms with van der Waals surface area (Å²) in [6, 6.07) is 17.3. The van der Waals surface area contributed by atoms with Crippen LogP contribution in [0.3, 0.4) is 0 Å². The van der Waals surface area contributed by atoms with Crippen LogP contribution < -0.4 is 14.2 Å². The topological polar surface area (TPSA) is 48.0 Å². The third-order valence-corrected chi connectivity index (χ3v) is 4.70. The summed E-state index contributed by atoms with van der Waals surface area (Å²) in [7, 11) is 1.65. The van der Waals surface area contributed by atoms with Crippen molar-refractivity contribution in [1.29, 1.82) is 0 Å². The number of ether oxygens (including phenoxy) is 3. The van der Waals surface area contributed by atoms with Gasteiger partial charge in [-0.05, 0) is 42.8 Å². The number of para-hydroxylation sites is 1. The fourth-order valence-electron chi connectivity index (χ4n) is 3.16. The number of hydrogen-bond acceptors (Lipinski definition) is 4. The van der Waals surface area contributed by atoms with Gasteiger partial charge in [0.1, 0.15) is 23.4 Å². The van der Waals surface area contributed by atoms with Gasteiger partial charge in [0.25, 0.3) is 0 Å². The lowest BCUT2D eigenvalue weighted by molar-refractivity contribution is -0.133. The number of nitrogens with zero attached hydrogens (tertiary/aromatic N) is 1. The Bertz CT molecular complexity index is 694. The number of hydrogen-bond donors (Lipinski definition) is 0. The van der Waals surface area contributed by atoms with Crippen molar-refractivity contribution in [1.82, 2.24) is 4.90 Å². The van der Waals surface area contributed by atoms with Crippen molar-refractivity contribution < 1.29 is 19.0 Å². The molecule has 2 aromatic carbocycles. The first-order chi connectivity index (χ1) is 13.2. The molecule has 27 heavy (non-hydrogen) atoms. The molecule has 5 nitrogen and oxygen atoms in total. The molecule has 2 aromatic rings. The van der Waals surface area contributed by atoms with Gasteiger partial charge >= 0.3 is 0 Å². The zero-order valence-electron chi connectivity index (χ0n) is 15.8. The predicted octanol–water partition coefficient (Wildman–Crippen LogP) is 3.92. The summed E-state index contributed by atoms with van der Waals surface area (Å²) in [5, 5.41) is 0. The van der Waals surface area contributed by atoms with Crippen LogP contribution in [0.1, 0.15) is 25.7 Å². The second-order valence-corrected chi connectivity index (χ2v) is 6.64. The lowest BCUT2D eigenvalue weighted by Crippen LogP contribution is -2.41. The zero-order valence-corrected chi connectivity index (χ0v) is 15.8. The zero-order chi connectivity index (χ0) is 18.9. The van der Waals surface area contributed by atoms with E-state index < -0.39 is 0 Å². The number of piperidine rings is 1. The molecule has 5 heteroatoms. The van der Waals surface area contributed by atoms with E-state index in [1.807, 2.05) is 59.5 Å². The first kappa shape index (κ1) is 19.1. The summed E-state index contributed by atoms with van der Waals surface area (Å²) in [4.78, 5) is 14.3. The molecule has 0 saturated carbocycles. The Kier molecular flexibility index (Phi) is 6.97.